The predicted molar refractivity (Wildman–Crippen MR) is 61.8 cm³/mol. The van der Waals surface area contributed by atoms with Crippen LogP contribution in [0.1, 0.15) is 18.1 Å². The maximum atomic E-state index is 11.3. The normalized spacial score (nSPS) is 10.5. The molecule has 0 spiro atoms. The van der Waals surface area contributed by atoms with E-state index in [2.05, 4.69) is 4.74 Å². The van der Waals surface area contributed by atoms with E-state index in [1.54, 1.807) is 24.3 Å². The van der Waals surface area contributed by atoms with Gasteiger partial charge in [0.1, 0.15) is 5.57 Å². The molecule has 0 amide bonds. The molecule has 86 valence electrons. The number of nitrogens with zero attached hydrogens (tertiary/aromatic N) is 1. The Morgan fingerprint density at radius 1 is 1.41 bits per heavy atom. The molecule has 0 aromatic heterocycles. The highest BCUT2D eigenvalue weighted by Gasteiger charge is 2.14. The molecule has 1 rings (SSSR count). The number of carbonyl (C=O) groups excluding carboxylic acids is 2. The summed E-state index contributed by atoms with van der Waals surface area (Å²) in [5.74, 6) is -1.06. The lowest BCUT2D eigenvalue weighted by atomic mass is 10.1. The van der Waals surface area contributed by atoms with Gasteiger partial charge in [-0.3, -0.25) is 4.79 Å². The van der Waals surface area contributed by atoms with Gasteiger partial charge in [0.2, 0.25) is 0 Å². The van der Waals surface area contributed by atoms with Gasteiger partial charge in [0.25, 0.3) is 0 Å². The van der Waals surface area contributed by atoms with Gasteiger partial charge in [-0.05, 0) is 30.7 Å². The van der Waals surface area contributed by atoms with Gasteiger partial charge in [-0.2, -0.15) is 5.26 Å². The van der Waals surface area contributed by atoms with Crippen LogP contribution in [0.15, 0.2) is 29.8 Å². The lowest BCUT2D eigenvalue weighted by molar-refractivity contribution is -0.137. The summed E-state index contributed by atoms with van der Waals surface area (Å²) in [7, 11) is 1.21. The Balaban J connectivity index is 3.18. The molecular formula is C13H11NO3. The van der Waals surface area contributed by atoms with E-state index in [4.69, 9.17) is 5.26 Å². The van der Waals surface area contributed by atoms with E-state index < -0.39 is 5.97 Å². The van der Waals surface area contributed by atoms with E-state index in [0.717, 1.165) is 0 Å². The standard InChI is InChI=1S/C13H11NO3/c1-9(15)12(13(16)17-2)7-10-4-3-5-11(6-10)8-14/h3-7H,1-2H3/b12-7+. The van der Waals surface area contributed by atoms with Crippen molar-refractivity contribution in [1.82, 2.24) is 0 Å². The van der Waals surface area contributed by atoms with Gasteiger partial charge in [0.05, 0.1) is 18.7 Å². The molecule has 0 fully saturated rings. The van der Waals surface area contributed by atoms with Crippen molar-refractivity contribution in [2.45, 2.75) is 6.92 Å². The molecule has 1 aromatic rings. The topological polar surface area (TPSA) is 67.2 Å². The van der Waals surface area contributed by atoms with Gasteiger partial charge >= 0.3 is 5.97 Å². The second-order valence-corrected chi connectivity index (χ2v) is 3.34. The van der Waals surface area contributed by atoms with Crippen LogP contribution in [0.5, 0.6) is 0 Å². The Labute approximate surface area is 99.1 Å². The van der Waals surface area contributed by atoms with E-state index in [1.807, 2.05) is 6.07 Å². The lowest BCUT2D eigenvalue weighted by Crippen LogP contribution is -2.11. The van der Waals surface area contributed by atoms with Gasteiger partial charge in [0, 0.05) is 0 Å². The van der Waals surface area contributed by atoms with Gasteiger partial charge < -0.3 is 4.74 Å². The van der Waals surface area contributed by atoms with Crippen LogP contribution >= 0.6 is 0 Å². The number of benzene rings is 1. The van der Waals surface area contributed by atoms with Gasteiger partial charge in [-0.25, -0.2) is 4.79 Å². The van der Waals surface area contributed by atoms with Gasteiger partial charge in [0.15, 0.2) is 5.78 Å². The summed E-state index contributed by atoms with van der Waals surface area (Å²) in [6.45, 7) is 1.29. The van der Waals surface area contributed by atoms with E-state index >= 15 is 0 Å². The molecule has 0 saturated carbocycles. The van der Waals surface area contributed by atoms with Crippen LogP contribution < -0.4 is 0 Å². The molecule has 0 N–H and O–H groups in total. The van der Waals surface area contributed by atoms with Crippen molar-refractivity contribution in [2.75, 3.05) is 7.11 Å². The second-order valence-electron chi connectivity index (χ2n) is 3.34. The van der Waals surface area contributed by atoms with Crippen LogP contribution in [-0.2, 0) is 14.3 Å². The largest absolute Gasteiger partial charge is 0.465 e. The maximum absolute atomic E-state index is 11.3. The smallest absolute Gasteiger partial charge is 0.341 e. The van der Waals surface area contributed by atoms with E-state index in [-0.39, 0.29) is 11.4 Å². The Morgan fingerprint density at radius 3 is 2.65 bits per heavy atom. The average molecular weight is 229 g/mol. The number of carbonyl (C=O) groups is 2. The minimum Gasteiger partial charge on any atom is -0.465 e. The molecule has 0 aliphatic carbocycles. The zero-order chi connectivity index (χ0) is 12.8. The Hall–Kier alpha value is -2.41. The van der Waals surface area contributed by atoms with Crippen molar-refractivity contribution in [2.24, 2.45) is 0 Å². The zero-order valence-electron chi connectivity index (χ0n) is 9.56. The van der Waals surface area contributed by atoms with Crippen LogP contribution in [-0.4, -0.2) is 18.9 Å². The fourth-order valence-corrected chi connectivity index (χ4v) is 1.28. The molecule has 1 aromatic carbocycles. The zero-order valence-corrected chi connectivity index (χ0v) is 9.56. The van der Waals surface area contributed by atoms with E-state index in [0.29, 0.717) is 11.1 Å². The number of hydrogen-bond acceptors (Lipinski definition) is 4. The van der Waals surface area contributed by atoms with Crippen molar-refractivity contribution >= 4 is 17.8 Å². The third-order valence-corrected chi connectivity index (χ3v) is 2.11. The number of esters is 1. The molecule has 0 unspecified atom stereocenters. The fourth-order valence-electron chi connectivity index (χ4n) is 1.28. The molecule has 0 aliphatic heterocycles. The van der Waals surface area contributed by atoms with Gasteiger partial charge in [-0.1, -0.05) is 12.1 Å². The average Bonchev–Trinajstić information content (AvgIpc) is 2.35. The minimum absolute atomic E-state index is 0.0393. The molecule has 0 bridgehead atoms. The minimum atomic E-state index is -0.681. The number of Topliss-reactive ketones (excluding diaryl/α,β-unsaturated/α-hetero) is 1. The summed E-state index contributed by atoms with van der Waals surface area (Å²) >= 11 is 0. The monoisotopic (exact) mass is 229 g/mol. The predicted octanol–water partition coefficient (Wildman–Crippen LogP) is 1.70. The lowest BCUT2D eigenvalue weighted by Gasteiger charge is -2.01. The Kier molecular flexibility index (Phi) is 4.18. The quantitative estimate of drug-likeness (QED) is 0.342. The van der Waals surface area contributed by atoms with E-state index in [9.17, 15) is 9.59 Å². The summed E-state index contributed by atoms with van der Waals surface area (Å²) < 4.78 is 4.51. The van der Waals surface area contributed by atoms with Crippen molar-refractivity contribution in [3.05, 3.63) is 41.0 Å². The fraction of sp³-hybridized carbons (Fsp3) is 0.154. The van der Waals surface area contributed by atoms with E-state index in [1.165, 1.54) is 20.1 Å². The first-order valence-corrected chi connectivity index (χ1v) is 4.89. The van der Waals surface area contributed by atoms with Crippen molar-refractivity contribution in [1.29, 1.82) is 5.26 Å². The van der Waals surface area contributed by atoms with Crippen LogP contribution in [0, 0.1) is 11.3 Å². The first kappa shape index (κ1) is 12.7. The summed E-state index contributed by atoms with van der Waals surface area (Å²) in [6, 6.07) is 8.59. The molecule has 4 heteroatoms. The molecule has 0 aliphatic rings. The molecule has 0 saturated heterocycles. The molecule has 17 heavy (non-hydrogen) atoms. The van der Waals surface area contributed by atoms with Crippen LogP contribution in [0.25, 0.3) is 6.08 Å². The summed E-state index contributed by atoms with van der Waals surface area (Å²) in [6.07, 6.45) is 1.41. The van der Waals surface area contributed by atoms with Crippen LogP contribution in [0.2, 0.25) is 0 Å². The molecule has 0 heterocycles. The number of ether oxygens (including phenoxy) is 1. The summed E-state index contributed by atoms with van der Waals surface area (Å²) in [5, 5.41) is 8.73. The molecule has 4 nitrogen and oxygen atoms in total. The van der Waals surface area contributed by atoms with Gasteiger partial charge in [-0.15, -0.1) is 0 Å². The number of hydrogen-bond donors (Lipinski definition) is 0. The highest BCUT2D eigenvalue weighted by molar-refractivity contribution is 6.19. The maximum Gasteiger partial charge on any atom is 0.341 e. The second kappa shape index (κ2) is 5.61. The van der Waals surface area contributed by atoms with Crippen LogP contribution in [0.4, 0.5) is 0 Å². The number of methoxy groups -OCH3 is 1. The van der Waals surface area contributed by atoms with Crippen molar-refractivity contribution < 1.29 is 14.3 Å². The summed E-state index contributed by atoms with van der Waals surface area (Å²) in [5.41, 5.74) is 1.04. The third kappa shape index (κ3) is 3.28. The van der Waals surface area contributed by atoms with Crippen molar-refractivity contribution in [3.8, 4) is 6.07 Å². The summed E-state index contributed by atoms with van der Waals surface area (Å²) in [4.78, 5) is 22.6. The first-order valence-electron chi connectivity index (χ1n) is 4.89. The highest BCUT2D eigenvalue weighted by atomic mass is 16.5. The molecule has 0 radical (unpaired) electrons. The highest BCUT2D eigenvalue weighted by Crippen LogP contribution is 2.11. The van der Waals surface area contributed by atoms with Crippen LogP contribution in [0.3, 0.4) is 0 Å². The third-order valence-electron chi connectivity index (χ3n) is 2.11. The Bertz CT molecular complexity index is 524. The Morgan fingerprint density at radius 2 is 2.12 bits per heavy atom. The molecule has 0 atom stereocenters. The van der Waals surface area contributed by atoms with Crippen molar-refractivity contribution in [3.63, 3.8) is 0 Å². The number of ketones is 1. The molecular weight excluding hydrogens is 218 g/mol. The SMILES string of the molecule is COC(=O)/C(=C/c1cccc(C#N)c1)C(C)=O. The number of nitriles is 1. The number of rotatable bonds is 3. The first-order chi connectivity index (χ1) is 8.08.